The van der Waals surface area contributed by atoms with Crippen LogP contribution in [-0.4, -0.2) is 12.5 Å². The average Bonchev–Trinajstić information content (AvgIpc) is 2.16. The third kappa shape index (κ3) is 4.49. The summed E-state index contributed by atoms with van der Waals surface area (Å²) in [5.41, 5.74) is 12.0. The van der Waals surface area contributed by atoms with Crippen molar-refractivity contribution in [3.05, 3.63) is 35.9 Å². The number of benzene rings is 1. The third-order valence-corrected chi connectivity index (χ3v) is 2.22. The lowest BCUT2D eigenvalue weighted by molar-refractivity contribution is 0.378. The van der Waals surface area contributed by atoms with E-state index in [9.17, 15) is 0 Å². The van der Waals surface area contributed by atoms with Crippen molar-refractivity contribution in [2.75, 3.05) is 6.54 Å². The maximum atomic E-state index is 5.32. The molecule has 4 N–H and O–H groups in total. The predicted molar refractivity (Wildman–Crippen MR) is 64.6 cm³/mol. The standard InChI is InChI=1S/C12H19N3/c1-12(2,9-15-11(13)14)8-10-6-4-3-5-7-10/h3-7H,8-9H2,1-2H3,(H4,13,14,15). The van der Waals surface area contributed by atoms with Crippen molar-refractivity contribution in [1.82, 2.24) is 0 Å². The van der Waals surface area contributed by atoms with Gasteiger partial charge in [-0.3, -0.25) is 4.99 Å². The van der Waals surface area contributed by atoms with Crippen LogP contribution in [-0.2, 0) is 6.42 Å². The molecule has 0 fully saturated rings. The minimum Gasteiger partial charge on any atom is -0.370 e. The molecule has 0 aliphatic heterocycles. The van der Waals surface area contributed by atoms with E-state index in [4.69, 9.17) is 11.5 Å². The van der Waals surface area contributed by atoms with Crippen LogP contribution < -0.4 is 11.5 Å². The van der Waals surface area contributed by atoms with Crippen LogP contribution in [0.3, 0.4) is 0 Å². The largest absolute Gasteiger partial charge is 0.370 e. The highest BCUT2D eigenvalue weighted by Crippen LogP contribution is 2.21. The molecule has 0 radical (unpaired) electrons. The number of nitrogens with zero attached hydrogens (tertiary/aromatic N) is 1. The summed E-state index contributed by atoms with van der Waals surface area (Å²) < 4.78 is 0. The Balaban J connectivity index is 2.60. The van der Waals surface area contributed by atoms with E-state index in [1.807, 2.05) is 18.2 Å². The van der Waals surface area contributed by atoms with E-state index in [1.54, 1.807) is 0 Å². The first kappa shape index (κ1) is 11.6. The summed E-state index contributed by atoms with van der Waals surface area (Å²) in [6.45, 7) is 4.98. The fraction of sp³-hybridized carbons (Fsp3) is 0.417. The van der Waals surface area contributed by atoms with Gasteiger partial charge in [-0.2, -0.15) is 0 Å². The first-order valence-electron chi connectivity index (χ1n) is 5.09. The maximum absolute atomic E-state index is 5.32. The highest BCUT2D eigenvalue weighted by Gasteiger charge is 2.17. The van der Waals surface area contributed by atoms with E-state index in [0.717, 1.165) is 6.42 Å². The van der Waals surface area contributed by atoms with Crippen LogP contribution in [0.1, 0.15) is 19.4 Å². The molecule has 1 aromatic carbocycles. The second kappa shape index (κ2) is 4.82. The topological polar surface area (TPSA) is 64.4 Å². The van der Waals surface area contributed by atoms with Crippen molar-refractivity contribution in [2.45, 2.75) is 20.3 Å². The molecule has 0 heterocycles. The highest BCUT2D eigenvalue weighted by molar-refractivity contribution is 5.75. The minimum atomic E-state index is 0.0886. The molecular formula is C12H19N3. The van der Waals surface area contributed by atoms with Crippen LogP contribution in [0.25, 0.3) is 0 Å². The molecule has 0 saturated heterocycles. The van der Waals surface area contributed by atoms with Crippen molar-refractivity contribution in [1.29, 1.82) is 0 Å². The number of nitrogens with two attached hydrogens (primary N) is 2. The predicted octanol–water partition coefficient (Wildman–Crippen LogP) is 1.53. The summed E-state index contributed by atoms with van der Waals surface area (Å²) >= 11 is 0. The van der Waals surface area contributed by atoms with Gasteiger partial charge in [0.05, 0.1) is 0 Å². The molecule has 1 rings (SSSR count). The van der Waals surface area contributed by atoms with Crippen molar-refractivity contribution in [2.24, 2.45) is 21.9 Å². The van der Waals surface area contributed by atoms with Gasteiger partial charge in [0.15, 0.2) is 5.96 Å². The van der Waals surface area contributed by atoms with Gasteiger partial charge in [0.25, 0.3) is 0 Å². The Morgan fingerprint density at radius 2 is 1.80 bits per heavy atom. The van der Waals surface area contributed by atoms with Gasteiger partial charge in [-0.05, 0) is 17.4 Å². The number of aliphatic imine (C=N–C) groups is 1. The van der Waals surface area contributed by atoms with Crippen LogP contribution in [0.2, 0.25) is 0 Å². The number of hydrogen-bond acceptors (Lipinski definition) is 1. The lowest BCUT2D eigenvalue weighted by Crippen LogP contribution is -2.27. The van der Waals surface area contributed by atoms with Crippen molar-refractivity contribution in [3.8, 4) is 0 Å². The molecule has 0 aromatic heterocycles. The van der Waals surface area contributed by atoms with Gasteiger partial charge in [-0.15, -0.1) is 0 Å². The molecule has 0 aliphatic rings. The molecule has 15 heavy (non-hydrogen) atoms. The SMILES string of the molecule is CC(C)(CN=C(N)N)Cc1ccccc1. The second-order valence-corrected chi connectivity index (χ2v) is 4.57. The van der Waals surface area contributed by atoms with Gasteiger partial charge in [-0.25, -0.2) is 0 Å². The molecule has 82 valence electrons. The molecule has 0 saturated carbocycles. The molecular weight excluding hydrogens is 186 g/mol. The zero-order chi connectivity index (χ0) is 11.3. The van der Waals surface area contributed by atoms with E-state index in [0.29, 0.717) is 6.54 Å². The number of rotatable bonds is 4. The van der Waals surface area contributed by atoms with E-state index < -0.39 is 0 Å². The van der Waals surface area contributed by atoms with Crippen molar-refractivity contribution < 1.29 is 0 Å². The smallest absolute Gasteiger partial charge is 0.185 e. The van der Waals surface area contributed by atoms with E-state index in [-0.39, 0.29) is 11.4 Å². The van der Waals surface area contributed by atoms with E-state index >= 15 is 0 Å². The van der Waals surface area contributed by atoms with Crippen molar-refractivity contribution in [3.63, 3.8) is 0 Å². The molecule has 0 spiro atoms. The second-order valence-electron chi connectivity index (χ2n) is 4.57. The molecule has 0 bridgehead atoms. The Kier molecular flexibility index (Phi) is 3.72. The van der Waals surface area contributed by atoms with Gasteiger partial charge >= 0.3 is 0 Å². The molecule has 1 aromatic rings. The Morgan fingerprint density at radius 1 is 1.20 bits per heavy atom. The molecule has 0 aliphatic carbocycles. The zero-order valence-corrected chi connectivity index (χ0v) is 9.40. The maximum Gasteiger partial charge on any atom is 0.185 e. The average molecular weight is 205 g/mol. The Labute approximate surface area is 91.2 Å². The summed E-state index contributed by atoms with van der Waals surface area (Å²) in [5, 5.41) is 0. The fourth-order valence-corrected chi connectivity index (χ4v) is 1.51. The quantitative estimate of drug-likeness (QED) is 0.578. The highest BCUT2D eigenvalue weighted by atomic mass is 15.0. The number of guanidine groups is 1. The summed E-state index contributed by atoms with van der Waals surface area (Å²) in [5.74, 6) is 0.163. The van der Waals surface area contributed by atoms with Gasteiger partial charge in [-0.1, -0.05) is 44.2 Å². The number of hydrogen-bond donors (Lipinski definition) is 2. The minimum absolute atomic E-state index is 0.0886. The summed E-state index contributed by atoms with van der Waals surface area (Å²) in [6, 6.07) is 10.4. The van der Waals surface area contributed by atoms with Crippen molar-refractivity contribution >= 4 is 5.96 Å². The lowest BCUT2D eigenvalue weighted by atomic mass is 9.86. The van der Waals surface area contributed by atoms with Crippen LogP contribution >= 0.6 is 0 Å². The van der Waals surface area contributed by atoms with Gasteiger partial charge < -0.3 is 11.5 Å². The van der Waals surface area contributed by atoms with E-state index in [2.05, 4.69) is 31.0 Å². The van der Waals surface area contributed by atoms with Gasteiger partial charge in [0.1, 0.15) is 0 Å². The third-order valence-electron chi connectivity index (χ3n) is 2.22. The Hall–Kier alpha value is -1.51. The van der Waals surface area contributed by atoms with Gasteiger partial charge in [0.2, 0.25) is 0 Å². The molecule has 3 nitrogen and oxygen atoms in total. The zero-order valence-electron chi connectivity index (χ0n) is 9.40. The van der Waals surface area contributed by atoms with Crippen LogP contribution in [0.15, 0.2) is 35.3 Å². The molecule has 0 atom stereocenters. The normalized spacial score (nSPS) is 11.1. The van der Waals surface area contributed by atoms with Gasteiger partial charge in [0, 0.05) is 6.54 Å². The molecule has 0 amide bonds. The first-order valence-corrected chi connectivity index (χ1v) is 5.09. The van der Waals surface area contributed by atoms with Crippen LogP contribution in [0.4, 0.5) is 0 Å². The fourth-order valence-electron chi connectivity index (χ4n) is 1.51. The van der Waals surface area contributed by atoms with Crippen LogP contribution in [0.5, 0.6) is 0 Å². The summed E-state index contributed by atoms with van der Waals surface area (Å²) in [7, 11) is 0. The van der Waals surface area contributed by atoms with E-state index in [1.165, 1.54) is 5.56 Å². The summed E-state index contributed by atoms with van der Waals surface area (Å²) in [6.07, 6.45) is 0.977. The van der Waals surface area contributed by atoms with Crippen LogP contribution in [0, 0.1) is 5.41 Å². The lowest BCUT2D eigenvalue weighted by Gasteiger charge is -2.22. The first-order chi connectivity index (χ1) is 6.99. The Bertz CT molecular complexity index is 324. The summed E-state index contributed by atoms with van der Waals surface area (Å²) in [4.78, 5) is 4.06. The molecule has 3 heteroatoms. The molecule has 0 unspecified atom stereocenters. The monoisotopic (exact) mass is 205 g/mol. The Morgan fingerprint density at radius 3 is 2.33 bits per heavy atom.